The lowest BCUT2D eigenvalue weighted by Crippen LogP contribution is -2.26. The van der Waals surface area contributed by atoms with Crippen molar-refractivity contribution in [2.75, 3.05) is 0 Å². The molecular formula is C16H17N3O2. The Morgan fingerprint density at radius 3 is 2.71 bits per heavy atom. The van der Waals surface area contributed by atoms with E-state index < -0.39 is 0 Å². The first-order valence-electron chi connectivity index (χ1n) is 6.93. The molecule has 3 aromatic rings. The second-order valence-electron chi connectivity index (χ2n) is 5.09. The third-order valence-electron chi connectivity index (χ3n) is 3.51. The molecule has 2 atom stereocenters. The number of para-hydroxylation sites is 1. The molecule has 0 aliphatic carbocycles. The molecule has 0 saturated carbocycles. The van der Waals surface area contributed by atoms with Gasteiger partial charge in [-0.3, -0.25) is 10.1 Å². The molecule has 0 unspecified atom stereocenters. The van der Waals surface area contributed by atoms with Crippen molar-refractivity contribution in [1.82, 2.24) is 15.3 Å². The predicted octanol–water partition coefficient (Wildman–Crippen LogP) is 2.93. The van der Waals surface area contributed by atoms with Crippen LogP contribution >= 0.6 is 0 Å². The minimum atomic E-state index is -0.116. The summed E-state index contributed by atoms with van der Waals surface area (Å²) in [5.41, 5.74) is 0.588. The minimum absolute atomic E-state index is 0.0340. The van der Waals surface area contributed by atoms with Crippen LogP contribution in [0, 0.1) is 0 Å². The molecule has 2 N–H and O–H groups in total. The maximum Gasteiger partial charge on any atom is 0.258 e. The fourth-order valence-corrected chi connectivity index (χ4v) is 2.38. The lowest BCUT2D eigenvalue weighted by atomic mass is 10.2. The number of nitrogens with zero attached hydrogens (tertiary/aromatic N) is 1. The van der Waals surface area contributed by atoms with Crippen LogP contribution in [-0.4, -0.2) is 9.97 Å². The average molecular weight is 283 g/mol. The normalized spacial score (nSPS) is 14.2. The van der Waals surface area contributed by atoms with Gasteiger partial charge in [0.25, 0.3) is 5.56 Å². The van der Waals surface area contributed by atoms with Gasteiger partial charge >= 0.3 is 0 Å². The molecule has 0 spiro atoms. The number of hydrogen-bond donors (Lipinski definition) is 2. The van der Waals surface area contributed by atoms with Crippen LogP contribution in [0.3, 0.4) is 0 Å². The van der Waals surface area contributed by atoms with Gasteiger partial charge in [0.1, 0.15) is 11.6 Å². The van der Waals surface area contributed by atoms with Gasteiger partial charge in [-0.2, -0.15) is 0 Å². The highest BCUT2D eigenvalue weighted by molar-refractivity contribution is 5.77. The Hall–Kier alpha value is -2.40. The molecular weight excluding hydrogens is 266 g/mol. The van der Waals surface area contributed by atoms with E-state index in [1.165, 1.54) is 0 Å². The van der Waals surface area contributed by atoms with Crippen LogP contribution in [-0.2, 0) is 0 Å². The van der Waals surface area contributed by atoms with E-state index in [-0.39, 0.29) is 17.6 Å². The highest BCUT2D eigenvalue weighted by Gasteiger charge is 2.15. The first-order chi connectivity index (χ1) is 10.1. The minimum Gasteiger partial charge on any atom is -0.468 e. The van der Waals surface area contributed by atoms with Crippen molar-refractivity contribution in [3.63, 3.8) is 0 Å². The SMILES string of the molecule is C[C@H](N[C@H](C)c1nc2ccccc2c(=O)[nH]1)c1ccco1. The second kappa shape index (κ2) is 5.54. The number of rotatable bonds is 4. The molecule has 1 aromatic carbocycles. The van der Waals surface area contributed by atoms with Gasteiger partial charge in [-0.15, -0.1) is 0 Å². The van der Waals surface area contributed by atoms with Crippen molar-refractivity contribution in [3.8, 4) is 0 Å². The Morgan fingerprint density at radius 1 is 1.14 bits per heavy atom. The van der Waals surface area contributed by atoms with E-state index in [1.807, 2.05) is 44.2 Å². The predicted molar refractivity (Wildman–Crippen MR) is 81.0 cm³/mol. The van der Waals surface area contributed by atoms with Gasteiger partial charge in [0, 0.05) is 0 Å². The maximum absolute atomic E-state index is 12.1. The molecule has 5 heteroatoms. The zero-order valence-corrected chi connectivity index (χ0v) is 12.0. The molecule has 3 rings (SSSR count). The van der Waals surface area contributed by atoms with E-state index in [0.717, 1.165) is 5.76 Å². The summed E-state index contributed by atoms with van der Waals surface area (Å²) in [5, 5.41) is 3.97. The highest BCUT2D eigenvalue weighted by Crippen LogP contribution is 2.18. The number of aromatic nitrogens is 2. The van der Waals surface area contributed by atoms with Crippen molar-refractivity contribution >= 4 is 10.9 Å². The van der Waals surface area contributed by atoms with Crippen LogP contribution < -0.4 is 10.9 Å². The van der Waals surface area contributed by atoms with Gasteiger partial charge in [0.05, 0.1) is 29.2 Å². The van der Waals surface area contributed by atoms with E-state index in [4.69, 9.17) is 4.42 Å². The van der Waals surface area contributed by atoms with E-state index in [1.54, 1.807) is 12.3 Å². The Kier molecular flexibility index (Phi) is 3.58. The fraction of sp³-hybridized carbons (Fsp3) is 0.250. The number of H-pyrrole nitrogens is 1. The van der Waals surface area contributed by atoms with Gasteiger partial charge in [-0.1, -0.05) is 12.1 Å². The molecule has 0 bridgehead atoms. The Bertz CT molecular complexity index is 793. The summed E-state index contributed by atoms with van der Waals surface area (Å²) in [4.78, 5) is 19.4. The number of aromatic amines is 1. The molecule has 108 valence electrons. The molecule has 2 heterocycles. The number of nitrogens with one attached hydrogen (secondary N) is 2. The summed E-state index contributed by atoms with van der Waals surface area (Å²) >= 11 is 0. The topological polar surface area (TPSA) is 70.9 Å². The average Bonchev–Trinajstić information content (AvgIpc) is 3.01. The number of fused-ring (bicyclic) bond motifs is 1. The van der Waals surface area contributed by atoms with Crippen molar-refractivity contribution in [1.29, 1.82) is 0 Å². The fourth-order valence-electron chi connectivity index (χ4n) is 2.38. The van der Waals surface area contributed by atoms with Crippen molar-refractivity contribution in [3.05, 3.63) is 64.6 Å². The van der Waals surface area contributed by atoms with Gasteiger partial charge in [0.15, 0.2) is 0 Å². The van der Waals surface area contributed by atoms with E-state index in [0.29, 0.717) is 16.7 Å². The Labute approximate surface area is 122 Å². The van der Waals surface area contributed by atoms with E-state index in [2.05, 4.69) is 15.3 Å². The molecule has 0 aliphatic heterocycles. The molecule has 0 radical (unpaired) electrons. The Morgan fingerprint density at radius 2 is 1.95 bits per heavy atom. The molecule has 5 nitrogen and oxygen atoms in total. The standard InChI is InChI=1S/C16H17N3O2/c1-10(14-8-5-9-21-14)17-11(2)15-18-13-7-4-3-6-12(13)16(20)19-15/h3-11,17H,1-2H3,(H,18,19,20)/t10-,11+/m0/s1. The van der Waals surface area contributed by atoms with Crippen LogP contribution in [0.4, 0.5) is 0 Å². The van der Waals surface area contributed by atoms with Crippen LogP contribution in [0.5, 0.6) is 0 Å². The summed E-state index contributed by atoms with van der Waals surface area (Å²) in [6, 6.07) is 11.0. The zero-order valence-electron chi connectivity index (χ0n) is 12.0. The molecule has 0 fully saturated rings. The second-order valence-corrected chi connectivity index (χ2v) is 5.09. The summed E-state index contributed by atoms with van der Waals surface area (Å²) in [6.45, 7) is 3.97. The monoisotopic (exact) mass is 283 g/mol. The van der Waals surface area contributed by atoms with E-state index >= 15 is 0 Å². The third kappa shape index (κ3) is 2.73. The van der Waals surface area contributed by atoms with Gasteiger partial charge in [-0.05, 0) is 38.1 Å². The zero-order chi connectivity index (χ0) is 14.8. The summed E-state index contributed by atoms with van der Waals surface area (Å²) in [6.07, 6.45) is 1.65. The quantitative estimate of drug-likeness (QED) is 0.772. The third-order valence-corrected chi connectivity index (χ3v) is 3.51. The summed E-state index contributed by atoms with van der Waals surface area (Å²) < 4.78 is 5.37. The Balaban J connectivity index is 1.88. The van der Waals surface area contributed by atoms with Crippen LogP contribution in [0.15, 0.2) is 51.9 Å². The van der Waals surface area contributed by atoms with Crippen LogP contribution in [0.1, 0.15) is 37.5 Å². The smallest absolute Gasteiger partial charge is 0.258 e. The van der Waals surface area contributed by atoms with Gasteiger partial charge in [0.2, 0.25) is 0 Å². The maximum atomic E-state index is 12.1. The van der Waals surface area contributed by atoms with Crippen molar-refractivity contribution in [2.45, 2.75) is 25.9 Å². The molecule has 0 amide bonds. The van der Waals surface area contributed by atoms with Gasteiger partial charge in [-0.25, -0.2) is 4.98 Å². The number of furan rings is 1. The van der Waals surface area contributed by atoms with Gasteiger partial charge < -0.3 is 9.40 Å². The first kappa shape index (κ1) is 13.6. The number of benzene rings is 1. The molecule has 21 heavy (non-hydrogen) atoms. The first-order valence-corrected chi connectivity index (χ1v) is 6.93. The van der Waals surface area contributed by atoms with E-state index in [9.17, 15) is 4.79 Å². The van der Waals surface area contributed by atoms with Crippen molar-refractivity contribution < 1.29 is 4.42 Å². The summed E-state index contributed by atoms with van der Waals surface area (Å²) in [5.74, 6) is 1.47. The summed E-state index contributed by atoms with van der Waals surface area (Å²) in [7, 11) is 0. The molecule has 0 saturated heterocycles. The van der Waals surface area contributed by atoms with Crippen LogP contribution in [0.2, 0.25) is 0 Å². The lowest BCUT2D eigenvalue weighted by molar-refractivity contribution is 0.396. The van der Waals surface area contributed by atoms with Crippen molar-refractivity contribution in [2.24, 2.45) is 0 Å². The highest BCUT2D eigenvalue weighted by atomic mass is 16.3. The molecule has 2 aromatic heterocycles. The lowest BCUT2D eigenvalue weighted by Gasteiger charge is -2.18. The largest absolute Gasteiger partial charge is 0.468 e. The molecule has 0 aliphatic rings. The van der Waals surface area contributed by atoms with Crippen LogP contribution in [0.25, 0.3) is 10.9 Å². The number of hydrogen-bond acceptors (Lipinski definition) is 4.